The van der Waals surface area contributed by atoms with Crippen molar-refractivity contribution in [1.29, 1.82) is 0 Å². The summed E-state index contributed by atoms with van der Waals surface area (Å²) < 4.78 is 0. The third kappa shape index (κ3) is 3.16. The van der Waals surface area contributed by atoms with Crippen LogP contribution in [0.25, 0.3) is 66.7 Å². The van der Waals surface area contributed by atoms with Crippen LogP contribution in [0.15, 0.2) is 122 Å². The summed E-state index contributed by atoms with van der Waals surface area (Å²) in [5.41, 5.74) is 7.03. The molecule has 0 aliphatic carbocycles. The minimum atomic E-state index is 1.12. The maximum absolute atomic E-state index is 4.23. The van der Waals surface area contributed by atoms with Gasteiger partial charge in [0.2, 0.25) is 0 Å². The first-order valence-corrected chi connectivity index (χ1v) is 11.6. The quantitative estimate of drug-likeness (QED) is 0.260. The molecule has 6 aromatic rings. The molecule has 0 unspecified atom stereocenters. The number of fused-ring (bicyclic) bond motifs is 3. The molecule has 34 heavy (non-hydrogen) atoms. The molecular formula is C34H24. The fourth-order valence-electron chi connectivity index (χ4n) is 5.21. The van der Waals surface area contributed by atoms with E-state index in [1.807, 2.05) is 12.2 Å². The van der Waals surface area contributed by atoms with Gasteiger partial charge in [-0.15, -0.1) is 0 Å². The predicted molar refractivity (Wildman–Crippen MR) is 150 cm³/mol. The lowest BCUT2D eigenvalue weighted by atomic mass is 9.83. The van der Waals surface area contributed by atoms with Crippen molar-refractivity contribution in [2.45, 2.75) is 0 Å². The number of benzene rings is 6. The average molecular weight is 433 g/mol. The topological polar surface area (TPSA) is 0 Å². The molecule has 6 rings (SSSR count). The van der Waals surface area contributed by atoms with Gasteiger partial charge in [-0.05, 0) is 77.8 Å². The molecule has 0 saturated heterocycles. The van der Waals surface area contributed by atoms with Crippen molar-refractivity contribution in [3.05, 3.63) is 133 Å². The van der Waals surface area contributed by atoms with E-state index in [0.29, 0.717) is 0 Å². The number of rotatable bonds is 4. The van der Waals surface area contributed by atoms with Gasteiger partial charge < -0.3 is 0 Å². The van der Waals surface area contributed by atoms with E-state index in [4.69, 9.17) is 0 Å². The Bertz CT molecular complexity index is 1600. The standard InChI is InChI=1S/C34H24/c1-3-29-30(4-2)34(28-20-18-24-12-6-8-14-26(24)22-28)32-16-10-9-15-31(32)33(29)27-19-17-23-11-5-7-13-25(23)21-27/h3-22H,1-2H2. The van der Waals surface area contributed by atoms with Gasteiger partial charge in [0.05, 0.1) is 0 Å². The van der Waals surface area contributed by atoms with Gasteiger partial charge in [-0.25, -0.2) is 0 Å². The zero-order valence-electron chi connectivity index (χ0n) is 19.0. The zero-order valence-corrected chi connectivity index (χ0v) is 19.0. The summed E-state index contributed by atoms with van der Waals surface area (Å²) in [6.07, 6.45) is 3.97. The maximum Gasteiger partial charge on any atom is -0.00264 e. The molecule has 0 heterocycles. The summed E-state index contributed by atoms with van der Waals surface area (Å²) >= 11 is 0. The van der Waals surface area contributed by atoms with Gasteiger partial charge >= 0.3 is 0 Å². The average Bonchev–Trinajstić information content (AvgIpc) is 2.91. The van der Waals surface area contributed by atoms with Crippen molar-refractivity contribution in [2.24, 2.45) is 0 Å². The van der Waals surface area contributed by atoms with Crippen molar-refractivity contribution >= 4 is 44.5 Å². The Balaban J connectivity index is 1.72. The molecule has 0 bridgehead atoms. The minimum absolute atomic E-state index is 1.12. The van der Waals surface area contributed by atoms with Gasteiger partial charge in [0.15, 0.2) is 0 Å². The summed E-state index contributed by atoms with van der Waals surface area (Å²) in [6, 6.07) is 39.1. The Morgan fingerprint density at radius 2 is 0.794 bits per heavy atom. The molecule has 160 valence electrons. The van der Waals surface area contributed by atoms with Crippen LogP contribution in [-0.4, -0.2) is 0 Å². The van der Waals surface area contributed by atoms with Gasteiger partial charge in [-0.2, -0.15) is 0 Å². The van der Waals surface area contributed by atoms with E-state index >= 15 is 0 Å². The molecule has 0 nitrogen and oxygen atoms in total. The monoisotopic (exact) mass is 432 g/mol. The summed E-state index contributed by atoms with van der Waals surface area (Å²) in [5, 5.41) is 7.40. The first kappa shape index (κ1) is 20.2. The molecule has 0 fully saturated rings. The molecule has 0 aliphatic rings. The molecule has 0 heteroatoms. The highest BCUT2D eigenvalue weighted by Crippen LogP contribution is 2.44. The molecular weight excluding hydrogens is 408 g/mol. The minimum Gasteiger partial charge on any atom is -0.0984 e. The highest BCUT2D eigenvalue weighted by molar-refractivity contribution is 6.12. The number of hydrogen-bond donors (Lipinski definition) is 0. The highest BCUT2D eigenvalue weighted by Gasteiger charge is 2.19. The summed E-state index contributed by atoms with van der Waals surface area (Å²) in [7, 11) is 0. The van der Waals surface area contributed by atoms with Crippen LogP contribution in [0.5, 0.6) is 0 Å². The van der Waals surface area contributed by atoms with Gasteiger partial charge in [0.1, 0.15) is 0 Å². The smallest absolute Gasteiger partial charge is 0.00264 e. The summed E-state index contributed by atoms with van der Waals surface area (Å²) in [5.74, 6) is 0. The third-order valence-electron chi connectivity index (χ3n) is 6.78. The Morgan fingerprint density at radius 3 is 1.21 bits per heavy atom. The molecule has 6 aromatic carbocycles. The fraction of sp³-hybridized carbons (Fsp3) is 0. The van der Waals surface area contributed by atoms with Crippen LogP contribution in [0.2, 0.25) is 0 Å². The molecule has 0 spiro atoms. The predicted octanol–water partition coefficient (Wildman–Crippen LogP) is 9.77. The molecule has 0 amide bonds. The molecule has 0 radical (unpaired) electrons. The van der Waals surface area contributed by atoms with Gasteiger partial charge in [0.25, 0.3) is 0 Å². The normalized spacial score (nSPS) is 11.2. The van der Waals surface area contributed by atoms with Crippen LogP contribution in [0.1, 0.15) is 11.1 Å². The lowest BCUT2D eigenvalue weighted by Gasteiger charge is -2.20. The van der Waals surface area contributed by atoms with Crippen molar-refractivity contribution in [3.8, 4) is 22.3 Å². The van der Waals surface area contributed by atoms with E-state index in [9.17, 15) is 0 Å². The van der Waals surface area contributed by atoms with E-state index in [0.717, 1.165) is 11.1 Å². The molecule has 0 atom stereocenters. The van der Waals surface area contributed by atoms with E-state index in [1.165, 1.54) is 54.6 Å². The molecule has 0 aromatic heterocycles. The summed E-state index contributed by atoms with van der Waals surface area (Å²) in [6.45, 7) is 8.46. The summed E-state index contributed by atoms with van der Waals surface area (Å²) in [4.78, 5) is 0. The first-order chi connectivity index (χ1) is 16.8. The first-order valence-electron chi connectivity index (χ1n) is 11.6. The Morgan fingerprint density at radius 1 is 0.412 bits per heavy atom. The van der Waals surface area contributed by atoms with Crippen LogP contribution in [0, 0.1) is 0 Å². The second kappa shape index (κ2) is 8.17. The van der Waals surface area contributed by atoms with E-state index in [-0.39, 0.29) is 0 Å². The second-order valence-corrected chi connectivity index (χ2v) is 8.66. The van der Waals surface area contributed by atoms with Gasteiger partial charge in [-0.3, -0.25) is 0 Å². The van der Waals surface area contributed by atoms with Gasteiger partial charge in [0, 0.05) is 0 Å². The van der Waals surface area contributed by atoms with Crippen molar-refractivity contribution in [1.82, 2.24) is 0 Å². The van der Waals surface area contributed by atoms with Crippen LogP contribution >= 0.6 is 0 Å². The Hall–Kier alpha value is -4.42. The largest absolute Gasteiger partial charge is 0.0984 e. The lowest BCUT2D eigenvalue weighted by molar-refractivity contribution is 1.60. The fourth-order valence-corrected chi connectivity index (χ4v) is 5.21. The van der Waals surface area contributed by atoms with E-state index < -0.39 is 0 Å². The molecule has 0 N–H and O–H groups in total. The maximum atomic E-state index is 4.23. The van der Waals surface area contributed by atoms with Crippen LogP contribution in [0.4, 0.5) is 0 Å². The second-order valence-electron chi connectivity index (χ2n) is 8.66. The Labute approximate surface area is 200 Å². The zero-order chi connectivity index (χ0) is 23.1. The van der Waals surface area contributed by atoms with Gasteiger partial charge in [-0.1, -0.05) is 122 Å². The number of hydrogen-bond acceptors (Lipinski definition) is 0. The van der Waals surface area contributed by atoms with Crippen LogP contribution in [-0.2, 0) is 0 Å². The molecule has 0 aliphatic heterocycles. The SMILES string of the molecule is C=Cc1c(C=C)c(-c2ccc3ccccc3c2)c2ccccc2c1-c1ccc2ccccc2c1. The van der Waals surface area contributed by atoms with E-state index in [2.05, 4.69) is 122 Å². The third-order valence-corrected chi connectivity index (χ3v) is 6.78. The van der Waals surface area contributed by atoms with Crippen LogP contribution < -0.4 is 0 Å². The van der Waals surface area contributed by atoms with E-state index in [1.54, 1.807) is 0 Å². The van der Waals surface area contributed by atoms with Crippen molar-refractivity contribution in [2.75, 3.05) is 0 Å². The van der Waals surface area contributed by atoms with Crippen molar-refractivity contribution in [3.63, 3.8) is 0 Å². The lowest BCUT2D eigenvalue weighted by Crippen LogP contribution is -1.96. The van der Waals surface area contributed by atoms with Crippen molar-refractivity contribution < 1.29 is 0 Å². The van der Waals surface area contributed by atoms with Crippen LogP contribution in [0.3, 0.4) is 0 Å². The highest BCUT2D eigenvalue weighted by atomic mass is 14.2. The Kier molecular flexibility index (Phi) is 4.86. The molecule has 0 saturated carbocycles.